The van der Waals surface area contributed by atoms with Crippen LogP contribution in [-0.2, 0) is 9.59 Å². The molecule has 0 saturated carbocycles. The highest BCUT2D eigenvalue weighted by molar-refractivity contribution is 6.03. The molecule has 34 heavy (non-hydrogen) atoms. The Hall–Kier alpha value is -4.01. The second-order valence-corrected chi connectivity index (χ2v) is 8.45. The van der Waals surface area contributed by atoms with Crippen LogP contribution in [0.15, 0.2) is 67.0 Å². The molecule has 3 aromatic rings. The van der Waals surface area contributed by atoms with Gasteiger partial charge in [-0.05, 0) is 36.4 Å². The van der Waals surface area contributed by atoms with Crippen LogP contribution in [-0.4, -0.2) is 54.5 Å². The molecule has 8 nitrogen and oxygen atoms in total. The largest absolute Gasteiger partial charge is 0.368 e. The minimum Gasteiger partial charge on any atom is -0.368 e. The molecule has 0 aliphatic carbocycles. The maximum absolute atomic E-state index is 13.2. The Morgan fingerprint density at radius 2 is 1.53 bits per heavy atom. The fourth-order valence-electron chi connectivity index (χ4n) is 4.35. The van der Waals surface area contributed by atoms with Gasteiger partial charge in [-0.1, -0.05) is 18.2 Å². The third-order valence-electron chi connectivity index (χ3n) is 6.22. The Kier molecular flexibility index (Phi) is 6.07. The maximum Gasteiger partial charge on any atom is 0.229 e. The molecular formula is C25H25FN6O2. The number of hydrogen-bond acceptors (Lipinski definition) is 6. The molecule has 1 atom stereocenters. The van der Waals surface area contributed by atoms with E-state index in [1.54, 1.807) is 24.5 Å². The third-order valence-corrected chi connectivity index (χ3v) is 6.22. The molecule has 0 bridgehead atoms. The highest BCUT2D eigenvalue weighted by Gasteiger charge is 2.35. The minimum absolute atomic E-state index is 0.105. The average Bonchev–Trinajstić information content (AvgIpc) is 3.27. The van der Waals surface area contributed by atoms with Crippen LogP contribution in [0, 0.1) is 11.7 Å². The van der Waals surface area contributed by atoms with Crippen molar-refractivity contribution in [2.75, 3.05) is 52.7 Å². The second-order valence-electron chi connectivity index (χ2n) is 8.45. The van der Waals surface area contributed by atoms with Crippen LogP contribution in [0.2, 0.25) is 0 Å². The molecule has 1 N–H and O–H groups in total. The predicted molar refractivity (Wildman–Crippen MR) is 128 cm³/mol. The van der Waals surface area contributed by atoms with Gasteiger partial charge in [0.05, 0.1) is 24.0 Å². The Balaban J connectivity index is 1.15. The summed E-state index contributed by atoms with van der Waals surface area (Å²) >= 11 is 0. The van der Waals surface area contributed by atoms with E-state index in [9.17, 15) is 14.0 Å². The monoisotopic (exact) mass is 460 g/mol. The quantitative estimate of drug-likeness (QED) is 0.631. The Bertz CT molecular complexity index is 1150. The van der Waals surface area contributed by atoms with Crippen molar-refractivity contribution in [2.24, 2.45) is 5.92 Å². The Morgan fingerprint density at radius 1 is 0.882 bits per heavy atom. The lowest BCUT2D eigenvalue weighted by atomic mass is 10.1. The molecule has 1 aromatic heterocycles. The Labute approximate surface area is 197 Å². The number of carbonyl (C=O) groups is 2. The van der Waals surface area contributed by atoms with Gasteiger partial charge >= 0.3 is 0 Å². The van der Waals surface area contributed by atoms with E-state index >= 15 is 0 Å². The number of carbonyl (C=O) groups excluding carboxylic acids is 2. The fraction of sp³-hybridized carbons (Fsp3) is 0.280. The zero-order chi connectivity index (χ0) is 23.5. The molecular weight excluding hydrogens is 435 g/mol. The number of aromatic nitrogens is 2. The SMILES string of the molecule is O=C(Nc1cnc(N2CCN(c3ccccc3)CC2)nc1)C1CC(=O)N(c2ccc(F)cc2)C1. The van der Waals surface area contributed by atoms with Crippen molar-refractivity contribution in [3.8, 4) is 0 Å². The average molecular weight is 461 g/mol. The summed E-state index contributed by atoms with van der Waals surface area (Å²) in [6, 6.07) is 16.0. The van der Waals surface area contributed by atoms with Crippen molar-refractivity contribution in [2.45, 2.75) is 6.42 Å². The molecule has 3 heterocycles. The smallest absolute Gasteiger partial charge is 0.229 e. The molecule has 2 aliphatic heterocycles. The van der Waals surface area contributed by atoms with Crippen molar-refractivity contribution in [3.63, 3.8) is 0 Å². The molecule has 174 valence electrons. The first-order valence-electron chi connectivity index (χ1n) is 11.3. The number of amides is 2. The highest BCUT2D eigenvalue weighted by atomic mass is 19.1. The molecule has 0 radical (unpaired) electrons. The standard InChI is InChI=1S/C25H25FN6O2/c26-19-6-8-22(9-7-19)32-17-18(14-23(32)33)24(34)29-20-15-27-25(28-16-20)31-12-10-30(11-13-31)21-4-2-1-3-5-21/h1-9,15-16,18H,10-14,17H2,(H,29,34). The van der Waals surface area contributed by atoms with Gasteiger partial charge in [0.25, 0.3) is 0 Å². The summed E-state index contributed by atoms with van der Waals surface area (Å²) in [4.78, 5) is 39.9. The van der Waals surface area contributed by atoms with Gasteiger partial charge in [0.1, 0.15) is 5.82 Å². The number of anilines is 4. The number of nitrogens with zero attached hydrogens (tertiary/aromatic N) is 5. The van der Waals surface area contributed by atoms with Crippen LogP contribution >= 0.6 is 0 Å². The maximum atomic E-state index is 13.2. The minimum atomic E-state index is -0.497. The summed E-state index contributed by atoms with van der Waals surface area (Å²) in [5.74, 6) is -0.655. The van der Waals surface area contributed by atoms with Crippen molar-refractivity contribution in [1.82, 2.24) is 9.97 Å². The highest BCUT2D eigenvalue weighted by Crippen LogP contribution is 2.26. The normalized spacial score (nSPS) is 18.3. The number of benzene rings is 2. The lowest BCUT2D eigenvalue weighted by Crippen LogP contribution is -2.47. The van der Waals surface area contributed by atoms with Crippen LogP contribution < -0.4 is 20.0 Å². The van der Waals surface area contributed by atoms with Crippen LogP contribution in [0.25, 0.3) is 0 Å². The van der Waals surface area contributed by atoms with Gasteiger partial charge in [0.15, 0.2) is 0 Å². The number of para-hydroxylation sites is 1. The molecule has 2 amide bonds. The molecule has 5 rings (SSSR count). The van der Waals surface area contributed by atoms with Gasteiger partial charge in [0.2, 0.25) is 17.8 Å². The molecule has 2 aliphatic rings. The van der Waals surface area contributed by atoms with Crippen LogP contribution in [0.5, 0.6) is 0 Å². The van der Waals surface area contributed by atoms with Crippen LogP contribution in [0.1, 0.15) is 6.42 Å². The van der Waals surface area contributed by atoms with Crippen LogP contribution in [0.3, 0.4) is 0 Å². The van der Waals surface area contributed by atoms with E-state index in [0.717, 1.165) is 26.2 Å². The summed E-state index contributed by atoms with van der Waals surface area (Å²) in [6.07, 6.45) is 3.30. The lowest BCUT2D eigenvalue weighted by molar-refractivity contribution is -0.122. The van der Waals surface area contributed by atoms with Crippen molar-refractivity contribution >= 4 is 34.8 Å². The van der Waals surface area contributed by atoms with Gasteiger partial charge in [-0.15, -0.1) is 0 Å². The van der Waals surface area contributed by atoms with Crippen molar-refractivity contribution in [1.29, 1.82) is 0 Å². The van der Waals surface area contributed by atoms with E-state index in [-0.39, 0.29) is 30.6 Å². The summed E-state index contributed by atoms with van der Waals surface area (Å²) in [5, 5.41) is 2.81. The van der Waals surface area contributed by atoms with Gasteiger partial charge in [-0.2, -0.15) is 0 Å². The number of hydrogen-bond donors (Lipinski definition) is 1. The first kappa shape index (κ1) is 21.8. The topological polar surface area (TPSA) is 81.7 Å². The molecule has 2 fully saturated rings. The van der Waals surface area contributed by atoms with Gasteiger partial charge in [0, 0.05) is 50.5 Å². The summed E-state index contributed by atoms with van der Waals surface area (Å²) in [5.41, 5.74) is 2.29. The van der Waals surface area contributed by atoms with Crippen molar-refractivity contribution < 1.29 is 14.0 Å². The Morgan fingerprint density at radius 3 is 2.21 bits per heavy atom. The lowest BCUT2D eigenvalue weighted by Gasteiger charge is -2.36. The molecule has 2 saturated heterocycles. The van der Waals surface area contributed by atoms with Crippen LogP contribution in [0.4, 0.5) is 27.4 Å². The van der Waals surface area contributed by atoms with Gasteiger partial charge in [-0.3, -0.25) is 9.59 Å². The molecule has 2 aromatic carbocycles. The van der Waals surface area contributed by atoms with E-state index in [2.05, 4.69) is 37.2 Å². The zero-order valence-corrected chi connectivity index (χ0v) is 18.6. The van der Waals surface area contributed by atoms with E-state index in [0.29, 0.717) is 17.3 Å². The van der Waals surface area contributed by atoms with E-state index < -0.39 is 5.92 Å². The van der Waals surface area contributed by atoms with Gasteiger partial charge in [-0.25, -0.2) is 14.4 Å². The second kappa shape index (κ2) is 9.46. The predicted octanol–water partition coefficient (Wildman–Crippen LogP) is 2.93. The van der Waals surface area contributed by atoms with Crippen molar-refractivity contribution in [3.05, 3.63) is 72.8 Å². The number of piperazine rings is 1. The first-order chi connectivity index (χ1) is 16.6. The number of nitrogens with one attached hydrogen (secondary N) is 1. The summed E-state index contributed by atoms with van der Waals surface area (Å²) < 4.78 is 13.2. The fourth-order valence-corrected chi connectivity index (χ4v) is 4.35. The zero-order valence-electron chi connectivity index (χ0n) is 18.6. The summed E-state index contributed by atoms with van der Waals surface area (Å²) in [6.45, 7) is 3.63. The molecule has 9 heteroatoms. The van der Waals surface area contributed by atoms with E-state index in [1.807, 2.05) is 18.2 Å². The van der Waals surface area contributed by atoms with E-state index in [4.69, 9.17) is 0 Å². The number of halogens is 1. The first-order valence-corrected chi connectivity index (χ1v) is 11.3. The molecule has 1 unspecified atom stereocenters. The third kappa shape index (κ3) is 4.68. The summed E-state index contributed by atoms with van der Waals surface area (Å²) in [7, 11) is 0. The van der Waals surface area contributed by atoms with E-state index in [1.165, 1.54) is 22.7 Å². The molecule has 0 spiro atoms. The number of rotatable bonds is 5. The van der Waals surface area contributed by atoms with Gasteiger partial charge < -0.3 is 20.0 Å².